The molecule has 2 aromatic rings. The monoisotopic (exact) mass is 535 g/mol. The van der Waals surface area contributed by atoms with Crippen molar-refractivity contribution in [3.05, 3.63) is 36.0 Å². The van der Waals surface area contributed by atoms with Crippen molar-refractivity contribution in [2.75, 3.05) is 18.6 Å². The SMILES string of the molecule is CSCCC(NC(=O)C(N)Cc1c[nH]c2ccccc12)C(=O)NC(CC(C)C)C(=O)NC(CO)C(=O)O. The molecule has 1 aromatic carbocycles. The topological polar surface area (TPSA) is 187 Å². The molecule has 0 aliphatic carbocycles. The maximum absolute atomic E-state index is 13.2. The van der Waals surface area contributed by atoms with Crippen molar-refractivity contribution in [3.63, 3.8) is 0 Å². The number of fused-ring (bicyclic) bond motifs is 1. The van der Waals surface area contributed by atoms with Crippen LogP contribution in [0.4, 0.5) is 0 Å². The first-order valence-electron chi connectivity index (χ1n) is 12.1. The number of carbonyl (C=O) groups is 4. The molecule has 0 aliphatic heterocycles. The van der Waals surface area contributed by atoms with Gasteiger partial charge in [0.15, 0.2) is 0 Å². The Morgan fingerprint density at radius 2 is 1.62 bits per heavy atom. The molecule has 4 atom stereocenters. The van der Waals surface area contributed by atoms with E-state index < -0.39 is 54.5 Å². The average Bonchev–Trinajstić information content (AvgIpc) is 3.26. The van der Waals surface area contributed by atoms with Gasteiger partial charge in [0.25, 0.3) is 0 Å². The lowest BCUT2D eigenvalue weighted by Crippen LogP contribution is -2.58. The van der Waals surface area contributed by atoms with Crippen LogP contribution in [0, 0.1) is 5.92 Å². The summed E-state index contributed by atoms with van der Waals surface area (Å²) < 4.78 is 0. The van der Waals surface area contributed by atoms with E-state index in [1.54, 1.807) is 0 Å². The fraction of sp³-hybridized carbons (Fsp3) is 0.520. The Hall–Kier alpha value is -3.09. The molecule has 0 radical (unpaired) electrons. The number of nitrogens with one attached hydrogen (secondary N) is 4. The number of nitrogens with two attached hydrogens (primary N) is 1. The minimum atomic E-state index is -1.49. The number of rotatable bonds is 15. The van der Waals surface area contributed by atoms with Gasteiger partial charge in [0.1, 0.15) is 18.1 Å². The zero-order chi connectivity index (χ0) is 27.5. The third-order valence-electron chi connectivity index (χ3n) is 5.83. The Balaban J connectivity index is 2.10. The quantitative estimate of drug-likeness (QED) is 0.170. The van der Waals surface area contributed by atoms with Crippen LogP contribution in [0.15, 0.2) is 30.5 Å². The molecular formula is C25H37N5O6S. The number of carboxylic acids is 1. The molecule has 1 heterocycles. The standard InChI is InChI=1S/C25H37N5O6S/c1-14(2)10-20(24(34)30-21(13-31)25(35)36)29-23(33)19(8-9-37-3)28-22(32)17(26)11-15-12-27-18-7-5-4-6-16(15)18/h4-7,12,14,17,19-21,27,31H,8-11,13,26H2,1-3H3,(H,28,32)(H,29,33)(H,30,34)(H,35,36). The van der Waals surface area contributed by atoms with Gasteiger partial charge < -0.3 is 36.9 Å². The maximum Gasteiger partial charge on any atom is 0.328 e. The van der Waals surface area contributed by atoms with Gasteiger partial charge in [-0.1, -0.05) is 32.0 Å². The number of carbonyl (C=O) groups excluding carboxylic acids is 3. The van der Waals surface area contributed by atoms with E-state index in [0.717, 1.165) is 16.5 Å². The van der Waals surface area contributed by atoms with Gasteiger partial charge >= 0.3 is 5.97 Å². The third-order valence-corrected chi connectivity index (χ3v) is 6.48. The van der Waals surface area contributed by atoms with E-state index >= 15 is 0 Å². The summed E-state index contributed by atoms with van der Waals surface area (Å²) in [5.41, 5.74) is 8.00. The highest BCUT2D eigenvalue weighted by atomic mass is 32.2. The molecule has 0 aliphatic rings. The summed E-state index contributed by atoms with van der Waals surface area (Å²) in [7, 11) is 0. The van der Waals surface area contributed by atoms with Crippen LogP contribution in [0.1, 0.15) is 32.3 Å². The van der Waals surface area contributed by atoms with Crippen LogP contribution in [-0.4, -0.2) is 81.7 Å². The van der Waals surface area contributed by atoms with Crippen molar-refractivity contribution in [2.45, 2.75) is 57.3 Å². The largest absolute Gasteiger partial charge is 0.480 e. The Morgan fingerprint density at radius 3 is 2.24 bits per heavy atom. The molecule has 11 nitrogen and oxygen atoms in total. The number of benzene rings is 1. The van der Waals surface area contributed by atoms with E-state index in [0.29, 0.717) is 12.2 Å². The molecule has 204 valence electrons. The average molecular weight is 536 g/mol. The molecule has 8 N–H and O–H groups in total. The number of aliphatic hydroxyl groups is 1. The van der Waals surface area contributed by atoms with Crippen LogP contribution in [0.2, 0.25) is 0 Å². The van der Waals surface area contributed by atoms with Gasteiger partial charge in [0, 0.05) is 17.1 Å². The summed E-state index contributed by atoms with van der Waals surface area (Å²) in [4.78, 5) is 53.2. The van der Waals surface area contributed by atoms with Gasteiger partial charge in [-0.2, -0.15) is 11.8 Å². The predicted molar refractivity (Wildman–Crippen MR) is 143 cm³/mol. The summed E-state index contributed by atoms with van der Waals surface area (Å²) in [6.45, 7) is 2.91. The summed E-state index contributed by atoms with van der Waals surface area (Å²) in [5, 5.41) is 26.9. The highest BCUT2D eigenvalue weighted by molar-refractivity contribution is 7.98. The fourth-order valence-corrected chi connectivity index (χ4v) is 4.32. The van der Waals surface area contributed by atoms with Crippen molar-refractivity contribution in [3.8, 4) is 0 Å². The zero-order valence-electron chi connectivity index (χ0n) is 21.3. The molecule has 0 spiro atoms. The van der Waals surface area contributed by atoms with E-state index in [2.05, 4.69) is 20.9 Å². The second-order valence-electron chi connectivity index (χ2n) is 9.29. The van der Waals surface area contributed by atoms with Gasteiger partial charge in [-0.05, 0) is 48.8 Å². The number of thioether (sulfide) groups is 1. The molecular weight excluding hydrogens is 498 g/mol. The number of aromatic amines is 1. The highest BCUT2D eigenvalue weighted by Crippen LogP contribution is 2.19. The van der Waals surface area contributed by atoms with Crippen molar-refractivity contribution in [1.29, 1.82) is 0 Å². The van der Waals surface area contributed by atoms with Gasteiger partial charge in [-0.15, -0.1) is 0 Å². The number of aliphatic hydroxyl groups excluding tert-OH is 1. The van der Waals surface area contributed by atoms with Crippen LogP contribution >= 0.6 is 11.8 Å². The molecule has 0 fully saturated rings. The minimum absolute atomic E-state index is 0.00251. The van der Waals surface area contributed by atoms with Crippen LogP contribution in [0.5, 0.6) is 0 Å². The van der Waals surface area contributed by atoms with Crippen LogP contribution in [0.25, 0.3) is 10.9 Å². The lowest BCUT2D eigenvalue weighted by atomic mass is 10.0. The van der Waals surface area contributed by atoms with Gasteiger partial charge in [0.2, 0.25) is 17.7 Å². The first-order valence-corrected chi connectivity index (χ1v) is 13.5. The lowest BCUT2D eigenvalue weighted by molar-refractivity contribution is -0.143. The second kappa shape index (κ2) is 14.6. The lowest BCUT2D eigenvalue weighted by Gasteiger charge is -2.25. The van der Waals surface area contributed by atoms with Crippen LogP contribution in [-0.2, 0) is 25.6 Å². The van der Waals surface area contributed by atoms with E-state index in [-0.39, 0.29) is 18.8 Å². The summed E-state index contributed by atoms with van der Waals surface area (Å²) >= 11 is 1.50. The minimum Gasteiger partial charge on any atom is -0.480 e. The van der Waals surface area contributed by atoms with Crippen LogP contribution in [0.3, 0.4) is 0 Å². The van der Waals surface area contributed by atoms with E-state index in [9.17, 15) is 24.3 Å². The normalized spacial score (nSPS) is 14.5. The summed E-state index contributed by atoms with van der Waals surface area (Å²) in [5.74, 6) is -2.62. The van der Waals surface area contributed by atoms with E-state index in [4.69, 9.17) is 10.8 Å². The van der Waals surface area contributed by atoms with Crippen molar-refractivity contribution in [2.24, 2.45) is 11.7 Å². The molecule has 0 saturated heterocycles. The zero-order valence-corrected chi connectivity index (χ0v) is 22.1. The number of hydrogen-bond acceptors (Lipinski definition) is 7. The Bertz CT molecular complexity index is 1070. The summed E-state index contributed by atoms with van der Waals surface area (Å²) in [6, 6.07) is 3.29. The molecule has 0 saturated carbocycles. The molecule has 0 bridgehead atoms. The third kappa shape index (κ3) is 9.06. The van der Waals surface area contributed by atoms with Gasteiger partial charge in [-0.3, -0.25) is 14.4 Å². The molecule has 37 heavy (non-hydrogen) atoms. The number of aromatic nitrogens is 1. The number of amides is 3. The molecule has 2 rings (SSSR count). The second-order valence-corrected chi connectivity index (χ2v) is 10.3. The molecule has 3 amide bonds. The predicted octanol–water partition coefficient (Wildman–Crippen LogP) is 0.368. The van der Waals surface area contributed by atoms with E-state index in [1.807, 2.05) is 50.6 Å². The first-order chi connectivity index (χ1) is 17.6. The Kier molecular flexibility index (Phi) is 11.9. The number of hydrogen-bond donors (Lipinski definition) is 7. The molecule has 4 unspecified atom stereocenters. The maximum atomic E-state index is 13.2. The number of carboxylic acid groups (broad SMARTS) is 1. The number of para-hydroxylation sites is 1. The van der Waals surface area contributed by atoms with Gasteiger partial charge in [-0.25, -0.2) is 4.79 Å². The van der Waals surface area contributed by atoms with Crippen LogP contribution < -0.4 is 21.7 Å². The Morgan fingerprint density at radius 1 is 1.00 bits per heavy atom. The fourth-order valence-electron chi connectivity index (χ4n) is 3.85. The van der Waals surface area contributed by atoms with E-state index in [1.165, 1.54) is 11.8 Å². The smallest absolute Gasteiger partial charge is 0.328 e. The van der Waals surface area contributed by atoms with Gasteiger partial charge in [0.05, 0.1) is 12.6 Å². The summed E-state index contributed by atoms with van der Waals surface area (Å²) in [6.07, 6.45) is 4.49. The van der Waals surface area contributed by atoms with Crippen molar-refractivity contribution in [1.82, 2.24) is 20.9 Å². The highest BCUT2D eigenvalue weighted by Gasteiger charge is 2.30. The first kappa shape index (κ1) is 30.1. The molecule has 12 heteroatoms. The number of H-pyrrole nitrogens is 1. The Labute approximate surface area is 220 Å². The number of aliphatic carboxylic acids is 1. The van der Waals surface area contributed by atoms with Crippen molar-refractivity contribution >= 4 is 46.4 Å². The molecule has 1 aromatic heterocycles. The van der Waals surface area contributed by atoms with Crippen molar-refractivity contribution < 1.29 is 29.4 Å².